The number of anilines is 2. The molecule has 3 aromatic rings. The number of benzene rings is 3. The van der Waals surface area contributed by atoms with Gasteiger partial charge < -0.3 is 20.1 Å². The van der Waals surface area contributed by atoms with Gasteiger partial charge in [0.1, 0.15) is 18.1 Å². The molecule has 0 saturated heterocycles. The zero-order chi connectivity index (χ0) is 24.5. The minimum atomic E-state index is -0.365. The molecule has 7 nitrogen and oxygen atoms in total. The maximum atomic E-state index is 12.7. The number of carbonyl (C=O) groups is 2. The lowest BCUT2D eigenvalue weighted by Crippen LogP contribution is -2.34. The van der Waals surface area contributed by atoms with E-state index in [2.05, 4.69) is 16.0 Å². The molecule has 0 fully saturated rings. The summed E-state index contributed by atoms with van der Waals surface area (Å²) in [5, 5.41) is 8.56. The largest absolute Gasteiger partial charge is 0.494 e. The van der Waals surface area contributed by atoms with Gasteiger partial charge in [0.25, 0.3) is 5.91 Å². The van der Waals surface area contributed by atoms with E-state index in [1.54, 1.807) is 42.5 Å². The maximum absolute atomic E-state index is 12.7. The minimum absolute atomic E-state index is 0.114. The molecule has 0 aliphatic heterocycles. The van der Waals surface area contributed by atoms with Crippen molar-refractivity contribution < 1.29 is 19.1 Å². The lowest BCUT2D eigenvalue weighted by atomic mass is 10.2. The molecule has 34 heavy (non-hydrogen) atoms. The van der Waals surface area contributed by atoms with Gasteiger partial charge in [-0.2, -0.15) is 0 Å². The van der Waals surface area contributed by atoms with Gasteiger partial charge in [-0.05, 0) is 48.1 Å². The summed E-state index contributed by atoms with van der Waals surface area (Å²) in [5.74, 6) is 0.412. The summed E-state index contributed by atoms with van der Waals surface area (Å²) in [6.07, 6.45) is 0. The Morgan fingerprint density at radius 3 is 2.41 bits per heavy atom. The van der Waals surface area contributed by atoms with Crippen LogP contribution in [-0.4, -0.2) is 24.0 Å². The van der Waals surface area contributed by atoms with Crippen molar-refractivity contribution in [1.29, 1.82) is 0 Å². The molecule has 0 aliphatic rings. The van der Waals surface area contributed by atoms with Crippen LogP contribution in [0.4, 0.5) is 11.4 Å². The van der Waals surface area contributed by atoms with E-state index >= 15 is 0 Å². The molecular formula is C26H27N3O4S. The van der Waals surface area contributed by atoms with E-state index in [4.69, 9.17) is 21.7 Å². The number of methoxy groups -OCH3 is 1. The second kappa shape index (κ2) is 11.8. The van der Waals surface area contributed by atoms with E-state index in [-0.39, 0.29) is 22.8 Å². The molecule has 8 heteroatoms. The minimum Gasteiger partial charge on any atom is -0.494 e. The Hall–Kier alpha value is -3.91. The van der Waals surface area contributed by atoms with Crippen LogP contribution in [0.5, 0.6) is 11.5 Å². The lowest BCUT2D eigenvalue weighted by molar-refractivity contribution is -0.118. The predicted octanol–water partition coefficient (Wildman–Crippen LogP) is 5.00. The van der Waals surface area contributed by atoms with Crippen LogP contribution < -0.4 is 25.4 Å². The molecule has 3 rings (SSSR count). The fourth-order valence-corrected chi connectivity index (χ4v) is 3.17. The summed E-state index contributed by atoms with van der Waals surface area (Å²) in [4.78, 5) is 24.6. The molecule has 0 heterocycles. The van der Waals surface area contributed by atoms with E-state index in [0.29, 0.717) is 35.0 Å². The number of hydrogen-bond donors (Lipinski definition) is 3. The molecule has 0 atom stereocenters. The predicted molar refractivity (Wildman–Crippen MR) is 137 cm³/mol. The highest BCUT2D eigenvalue weighted by Gasteiger charge is 2.13. The Balaban J connectivity index is 1.59. The van der Waals surface area contributed by atoms with Crippen molar-refractivity contribution in [2.75, 3.05) is 17.7 Å². The average Bonchev–Trinajstić information content (AvgIpc) is 2.84. The van der Waals surface area contributed by atoms with Gasteiger partial charge in [-0.25, -0.2) is 0 Å². The van der Waals surface area contributed by atoms with Crippen LogP contribution in [0.2, 0.25) is 0 Å². The first kappa shape index (κ1) is 24.7. The third-order valence-corrected chi connectivity index (χ3v) is 5.02. The molecule has 3 aromatic carbocycles. The van der Waals surface area contributed by atoms with Crippen molar-refractivity contribution in [2.45, 2.75) is 20.5 Å². The van der Waals surface area contributed by atoms with Crippen LogP contribution in [-0.2, 0) is 11.4 Å². The molecule has 2 amide bonds. The van der Waals surface area contributed by atoms with Crippen molar-refractivity contribution >= 4 is 40.5 Å². The molecule has 0 radical (unpaired) electrons. The summed E-state index contributed by atoms with van der Waals surface area (Å²) in [5.41, 5.74) is 2.60. The van der Waals surface area contributed by atoms with Crippen LogP contribution in [0.1, 0.15) is 29.8 Å². The number of rotatable bonds is 8. The molecule has 3 N–H and O–H groups in total. The van der Waals surface area contributed by atoms with E-state index in [1.807, 2.05) is 44.2 Å². The first-order chi connectivity index (χ1) is 16.4. The van der Waals surface area contributed by atoms with Crippen molar-refractivity contribution in [2.24, 2.45) is 5.92 Å². The summed E-state index contributed by atoms with van der Waals surface area (Å²) in [6.45, 7) is 4.02. The zero-order valence-electron chi connectivity index (χ0n) is 19.3. The van der Waals surface area contributed by atoms with E-state index in [0.717, 1.165) is 5.56 Å². The van der Waals surface area contributed by atoms with Crippen LogP contribution in [0.15, 0.2) is 72.8 Å². The zero-order valence-corrected chi connectivity index (χ0v) is 20.1. The molecule has 0 aromatic heterocycles. The average molecular weight is 478 g/mol. The van der Waals surface area contributed by atoms with Gasteiger partial charge in [0, 0.05) is 23.2 Å². The normalized spacial score (nSPS) is 10.4. The molecule has 0 spiro atoms. The third kappa shape index (κ3) is 7.05. The number of hydrogen-bond acceptors (Lipinski definition) is 5. The smallest absolute Gasteiger partial charge is 0.257 e. The second-order valence-electron chi connectivity index (χ2n) is 7.77. The lowest BCUT2D eigenvalue weighted by Gasteiger charge is -2.15. The summed E-state index contributed by atoms with van der Waals surface area (Å²) < 4.78 is 11.2. The summed E-state index contributed by atoms with van der Waals surface area (Å²) in [6, 6.07) is 21.8. The molecular weight excluding hydrogens is 450 g/mol. The Morgan fingerprint density at radius 1 is 0.941 bits per heavy atom. The van der Waals surface area contributed by atoms with Crippen molar-refractivity contribution in [3.8, 4) is 11.5 Å². The van der Waals surface area contributed by atoms with Crippen LogP contribution in [0.25, 0.3) is 0 Å². The first-order valence-electron chi connectivity index (χ1n) is 10.7. The fourth-order valence-electron chi connectivity index (χ4n) is 2.95. The SMILES string of the molecule is COc1cc(NC(=S)NC(=O)c2cccc(OCc3ccccc3)c2)ccc1NC(=O)C(C)C. The number of ether oxygens (including phenoxy) is 2. The van der Waals surface area contributed by atoms with Gasteiger partial charge in [0.05, 0.1) is 12.8 Å². The highest BCUT2D eigenvalue weighted by atomic mass is 32.1. The van der Waals surface area contributed by atoms with Gasteiger partial charge in [-0.15, -0.1) is 0 Å². The highest BCUT2D eigenvalue weighted by Crippen LogP contribution is 2.28. The van der Waals surface area contributed by atoms with Gasteiger partial charge in [-0.1, -0.05) is 50.2 Å². The van der Waals surface area contributed by atoms with E-state index in [1.165, 1.54) is 7.11 Å². The fraction of sp³-hybridized carbons (Fsp3) is 0.192. The van der Waals surface area contributed by atoms with Crippen molar-refractivity contribution in [3.63, 3.8) is 0 Å². The molecule has 0 bridgehead atoms. The number of nitrogens with one attached hydrogen (secondary N) is 3. The Kier molecular flexibility index (Phi) is 8.59. The van der Waals surface area contributed by atoms with Gasteiger partial charge in [0.2, 0.25) is 5.91 Å². The monoisotopic (exact) mass is 477 g/mol. The molecule has 0 unspecified atom stereocenters. The van der Waals surface area contributed by atoms with Crippen molar-refractivity contribution in [3.05, 3.63) is 83.9 Å². The van der Waals surface area contributed by atoms with Gasteiger partial charge in [-0.3, -0.25) is 14.9 Å². The molecule has 0 saturated carbocycles. The molecule has 176 valence electrons. The standard InChI is InChI=1S/C26H27N3O4S/c1-17(2)24(30)28-22-13-12-20(15-23(22)32-3)27-26(34)29-25(31)19-10-7-11-21(14-19)33-16-18-8-5-4-6-9-18/h4-15,17H,16H2,1-3H3,(H,28,30)(H2,27,29,31,34). The van der Waals surface area contributed by atoms with Crippen molar-refractivity contribution in [1.82, 2.24) is 5.32 Å². The molecule has 0 aliphatic carbocycles. The number of thiocarbonyl (C=S) groups is 1. The van der Waals surface area contributed by atoms with Gasteiger partial charge in [0.15, 0.2) is 5.11 Å². The van der Waals surface area contributed by atoms with E-state index in [9.17, 15) is 9.59 Å². The van der Waals surface area contributed by atoms with Gasteiger partial charge >= 0.3 is 0 Å². The maximum Gasteiger partial charge on any atom is 0.257 e. The quantitative estimate of drug-likeness (QED) is 0.396. The summed E-state index contributed by atoms with van der Waals surface area (Å²) >= 11 is 5.29. The van der Waals surface area contributed by atoms with E-state index < -0.39 is 0 Å². The first-order valence-corrected chi connectivity index (χ1v) is 11.1. The topological polar surface area (TPSA) is 88.7 Å². The third-order valence-electron chi connectivity index (χ3n) is 4.81. The summed E-state index contributed by atoms with van der Waals surface area (Å²) in [7, 11) is 1.51. The second-order valence-corrected chi connectivity index (χ2v) is 8.18. The highest BCUT2D eigenvalue weighted by molar-refractivity contribution is 7.80. The Bertz CT molecular complexity index is 1170. The van der Waals surface area contributed by atoms with Crippen LogP contribution in [0.3, 0.4) is 0 Å². The number of amides is 2. The van der Waals surface area contributed by atoms with Crippen LogP contribution in [0, 0.1) is 5.92 Å². The Morgan fingerprint density at radius 2 is 1.71 bits per heavy atom. The number of carbonyl (C=O) groups excluding carboxylic acids is 2. The Labute approximate surface area is 204 Å². The van der Waals surface area contributed by atoms with Crippen LogP contribution >= 0.6 is 12.2 Å².